The molecule has 0 aromatic rings. The number of fused-ring (bicyclic) bond motifs is 1. The third-order valence-corrected chi connectivity index (χ3v) is 2.35. The van der Waals surface area contributed by atoms with Gasteiger partial charge in [0.15, 0.2) is 0 Å². The van der Waals surface area contributed by atoms with Gasteiger partial charge in [0.1, 0.15) is 6.10 Å². The second kappa shape index (κ2) is 2.37. The number of nitrogens with one attached hydrogen (secondary N) is 1. The summed E-state index contributed by atoms with van der Waals surface area (Å²) in [4.78, 5) is 10.7. The van der Waals surface area contributed by atoms with Gasteiger partial charge in [-0.15, -0.1) is 0 Å². The molecule has 4 nitrogen and oxygen atoms in total. The van der Waals surface area contributed by atoms with Crippen LogP contribution in [0.2, 0.25) is 0 Å². The van der Waals surface area contributed by atoms with E-state index >= 15 is 0 Å². The van der Waals surface area contributed by atoms with Crippen LogP contribution in [-0.4, -0.2) is 29.4 Å². The summed E-state index contributed by atoms with van der Waals surface area (Å²) in [5.41, 5.74) is 0. The van der Waals surface area contributed by atoms with Crippen molar-refractivity contribution in [2.45, 2.75) is 37.5 Å². The highest BCUT2D eigenvalue weighted by atomic mass is 16.6. The Hall–Kier alpha value is -0.770. The lowest BCUT2D eigenvalue weighted by Crippen LogP contribution is -2.45. The van der Waals surface area contributed by atoms with Crippen LogP contribution in [0.25, 0.3) is 0 Å². The van der Waals surface area contributed by atoms with Crippen LogP contribution in [0.3, 0.4) is 0 Å². The fourth-order valence-corrected chi connectivity index (χ4v) is 1.76. The molecule has 1 saturated heterocycles. The summed E-state index contributed by atoms with van der Waals surface area (Å²) < 4.78 is 4.93. The Labute approximate surface area is 64.5 Å². The van der Waals surface area contributed by atoms with Crippen molar-refractivity contribution < 1.29 is 14.6 Å². The molecule has 11 heavy (non-hydrogen) atoms. The maximum atomic E-state index is 10.7. The molecule has 1 aliphatic heterocycles. The molecule has 0 aromatic heterocycles. The van der Waals surface area contributed by atoms with Crippen LogP contribution in [-0.2, 0) is 4.74 Å². The smallest absolute Gasteiger partial charge is 0.407 e. The molecule has 0 radical (unpaired) electrons. The van der Waals surface area contributed by atoms with Crippen LogP contribution in [0.1, 0.15) is 19.3 Å². The molecule has 1 aliphatic carbocycles. The molecule has 2 aliphatic rings. The number of alkyl carbamates (subject to hydrolysis) is 1. The number of hydrogen-bond donors (Lipinski definition) is 2. The number of aliphatic hydroxyl groups excluding tert-OH is 1. The number of amides is 1. The minimum atomic E-state index is -0.416. The second-order valence-corrected chi connectivity index (χ2v) is 3.11. The van der Waals surface area contributed by atoms with Crippen LogP contribution < -0.4 is 5.32 Å². The van der Waals surface area contributed by atoms with E-state index in [1.54, 1.807) is 0 Å². The highest BCUT2D eigenvalue weighted by Crippen LogP contribution is 2.25. The van der Waals surface area contributed by atoms with Crippen molar-refractivity contribution in [2.24, 2.45) is 0 Å². The van der Waals surface area contributed by atoms with Gasteiger partial charge in [-0.25, -0.2) is 4.79 Å². The summed E-state index contributed by atoms with van der Waals surface area (Å²) in [7, 11) is 0. The van der Waals surface area contributed by atoms with E-state index in [-0.39, 0.29) is 18.2 Å². The van der Waals surface area contributed by atoms with Gasteiger partial charge in [-0.1, -0.05) is 0 Å². The maximum absolute atomic E-state index is 10.7. The Bertz CT molecular complexity index is 183. The lowest BCUT2D eigenvalue weighted by Gasteiger charge is -2.26. The third-order valence-electron chi connectivity index (χ3n) is 2.35. The first-order valence-electron chi connectivity index (χ1n) is 3.92. The lowest BCUT2D eigenvalue weighted by molar-refractivity contribution is 0.0404. The molecular weight excluding hydrogens is 146 g/mol. The standard InChI is InChI=1S/C7H11NO3/c9-4-2-1-3-5-6(4)8-7(10)11-5/h4-6,9H,1-3H2,(H,8,10)/t4-,5+,6-/m1/s1. The molecule has 0 unspecified atom stereocenters. The molecule has 0 bridgehead atoms. The normalized spacial score (nSPS) is 42.6. The van der Waals surface area contributed by atoms with Crippen LogP contribution in [0, 0.1) is 0 Å². The van der Waals surface area contributed by atoms with Gasteiger partial charge in [-0.3, -0.25) is 0 Å². The topological polar surface area (TPSA) is 58.6 Å². The molecule has 3 atom stereocenters. The van der Waals surface area contributed by atoms with Crippen molar-refractivity contribution in [3.8, 4) is 0 Å². The Morgan fingerprint density at radius 2 is 2.36 bits per heavy atom. The molecule has 2 fully saturated rings. The van der Waals surface area contributed by atoms with Crippen molar-refractivity contribution in [3.63, 3.8) is 0 Å². The first-order valence-corrected chi connectivity index (χ1v) is 3.92. The Morgan fingerprint density at radius 1 is 1.55 bits per heavy atom. The third kappa shape index (κ3) is 1.07. The summed E-state index contributed by atoms with van der Waals surface area (Å²) >= 11 is 0. The Kier molecular flexibility index (Phi) is 1.49. The largest absolute Gasteiger partial charge is 0.444 e. The molecule has 0 spiro atoms. The van der Waals surface area contributed by atoms with E-state index in [9.17, 15) is 9.90 Å². The summed E-state index contributed by atoms with van der Waals surface area (Å²) in [6, 6.07) is -0.156. The number of aliphatic hydroxyl groups is 1. The summed E-state index contributed by atoms with van der Waals surface area (Å²) in [5.74, 6) is 0. The van der Waals surface area contributed by atoms with Crippen molar-refractivity contribution in [1.29, 1.82) is 0 Å². The van der Waals surface area contributed by atoms with Gasteiger partial charge in [-0.05, 0) is 19.3 Å². The average molecular weight is 157 g/mol. The van der Waals surface area contributed by atoms with Crippen molar-refractivity contribution in [3.05, 3.63) is 0 Å². The highest BCUT2D eigenvalue weighted by Gasteiger charge is 2.40. The van der Waals surface area contributed by atoms with E-state index in [0.717, 1.165) is 19.3 Å². The minimum absolute atomic E-state index is 0.0914. The summed E-state index contributed by atoms with van der Waals surface area (Å²) in [6.07, 6.45) is 1.69. The van der Waals surface area contributed by atoms with Gasteiger partial charge in [0.25, 0.3) is 0 Å². The highest BCUT2D eigenvalue weighted by molar-refractivity contribution is 5.70. The SMILES string of the molecule is O=C1N[C@@H]2[C@H](O)CCC[C@@H]2O1. The van der Waals surface area contributed by atoms with Crippen LogP contribution in [0.15, 0.2) is 0 Å². The number of hydrogen-bond acceptors (Lipinski definition) is 3. The number of carbonyl (C=O) groups excluding carboxylic acids is 1. The monoisotopic (exact) mass is 157 g/mol. The summed E-state index contributed by atoms with van der Waals surface area (Å²) in [5, 5.41) is 12.0. The fraction of sp³-hybridized carbons (Fsp3) is 0.857. The minimum Gasteiger partial charge on any atom is -0.444 e. The van der Waals surface area contributed by atoms with Gasteiger partial charge in [0, 0.05) is 0 Å². The number of rotatable bonds is 0. The maximum Gasteiger partial charge on any atom is 0.407 e. The van der Waals surface area contributed by atoms with E-state index in [2.05, 4.69) is 5.32 Å². The number of ether oxygens (including phenoxy) is 1. The average Bonchev–Trinajstić information content (AvgIpc) is 2.31. The first kappa shape index (κ1) is 6.91. The van der Waals surface area contributed by atoms with Crippen LogP contribution >= 0.6 is 0 Å². The van der Waals surface area contributed by atoms with Gasteiger partial charge < -0.3 is 15.2 Å². The van der Waals surface area contributed by atoms with E-state index in [0.29, 0.717) is 0 Å². The van der Waals surface area contributed by atoms with E-state index in [4.69, 9.17) is 4.74 Å². The molecule has 0 aromatic carbocycles. The zero-order chi connectivity index (χ0) is 7.84. The molecule has 2 N–H and O–H groups in total. The predicted octanol–water partition coefficient (Wildman–Crippen LogP) is 0.00820. The van der Waals surface area contributed by atoms with E-state index in [1.807, 2.05) is 0 Å². The molecule has 1 heterocycles. The number of carbonyl (C=O) groups is 1. The second-order valence-electron chi connectivity index (χ2n) is 3.11. The molecule has 1 amide bonds. The lowest BCUT2D eigenvalue weighted by atomic mass is 9.91. The zero-order valence-corrected chi connectivity index (χ0v) is 6.12. The van der Waals surface area contributed by atoms with Crippen molar-refractivity contribution in [1.82, 2.24) is 5.32 Å². The van der Waals surface area contributed by atoms with E-state index < -0.39 is 6.10 Å². The molecular formula is C7H11NO3. The quantitative estimate of drug-likeness (QED) is 0.520. The molecule has 62 valence electrons. The van der Waals surface area contributed by atoms with Crippen molar-refractivity contribution >= 4 is 6.09 Å². The Balaban J connectivity index is 2.09. The fourth-order valence-electron chi connectivity index (χ4n) is 1.76. The van der Waals surface area contributed by atoms with Gasteiger partial charge >= 0.3 is 6.09 Å². The van der Waals surface area contributed by atoms with Gasteiger partial charge in [-0.2, -0.15) is 0 Å². The molecule has 2 rings (SSSR count). The van der Waals surface area contributed by atoms with Gasteiger partial charge in [0.05, 0.1) is 12.1 Å². The molecule has 4 heteroatoms. The zero-order valence-electron chi connectivity index (χ0n) is 6.12. The van der Waals surface area contributed by atoms with Crippen LogP contribution in [0.4, 0.5) is 4.79 Å². The molecule has 1 saturated carbocycles. The van der Waals surface area contributed by atoms with E-state index in [1.165, 1.54) is 0 Å². The van der Waals surface area contributed by atoms with Crippen LogP contribution in [0.5, 0.6) is 0 Å². The first-order chi connectivity index (χ1) is 5.27. The van der Waals surface area contributed by atoms with Crippen molar-refractivity contribution in [2.75, 3.05) is 0 Å². The Morgan fingerprint density at radius 3 is 3.09 bits per heavy atom. The predicted molar refractivity (Wildman–Crippen MR) is 37.1 cm³/mol. The summed E-state index contributed by atoms with van der Waals surface area (Å²) in [6.45, 7) is 0. The van der Waals surface area contributed by atoms with Gasteiger partial charge in [0.2, 0.25) is 0 Å².